The lowest BCUT2D eigenvalue weighted by atomic mass is 9.87. The number of nitriles is 1. The number of rotatable bonds is 8. The number of piperazine rings is 1. The molecule has 0 aromatic heterocycles. The van der Waals surface area contributed by atoms with Crippen LogP contribution in [0.1, 0.15) is 44.2 Å². The number of hydrogen-bond donors (Lipinski definition) is 1. The molecule has 30 heavy (non-hydrogen) atoms. The number of ether oxygens (including phenoxy) is 1. The number of carbonyl (C=O) groups is 1. The van der Waals surface area contributed by atoms with Gasteiger partial charge >= 0.3 is 0 Å². The molecule has 0 saturated carbocycles. The number of nitrogens with one attached hydrogen (secondary N) is 1. The summed E-state index contributed by atoms with van der Waals surface area (Å²) >= 11 is 5.47. The lowest BCUT2D eigenvalue weighted by Gasteiger charge is -2.36. The monoisotopic (exact) mass is 430 g/mol. The van der Waals surface area contributed by atoms with Crippen molar-refractivity contribution in [2.24, 2.45) is 5.41 Å². The molecule has 1 saturated heterocycles. The normalized spacial score (nSPS) is 14.8. The molecule has 1 amide bonds. The molecule has 164 valence electrons. The van der Waals surface area contributed by atoms with Crippen molar-refractivity contribution in [3.63, 3.8) is 0 Å². The summed E-state index contributed by atoms with van der Waals surface area (Å²) in [6.07, 6.45) is 2.05. The number of aryl methyl sites for hydroxylation is 2. The van der Waals surface area contributed by atoms with E-state index in [2.05, 4.69) is 35.3 Å². The first-order valence-corrected chi connectivity index (χ1v) is 11.0. The molecule has 0 spiro atoms. The third kappa shape index (κ3) is 7.26. The molecule has 1 aromatic carbocycles. The summed E-state index contributed by atoms with van der Waals surface area (Å²) in [5.41, 5.74) is 1.77. The van der Waals surface area contributed by atoms with Crippen LogP contribution in [0.3, 0.4) is 0 Å². The van der Waals surface area contributed by atoms with Gasteiger partial charge in [0.1, 0.15) is 5.75 Å². The Morgan fingerprint density at radius 1 is 1.27 bits per heavy atom. The van der Waals surface area contributed by atoms with Crippen molar-refractivity contribution in [3.05, 3.63) is 29.3 Å². The number of benzene rings is 1. The Balaban J connectivity index is 1.73. The van der Waals surface area contributed by atoms with Gasteiger partial charge in [0, 0.05) is 44.6 Å². The van der Waals surface area contributed by atoms with Crippen LogP contribution < -0.4 is 10.1 Å². The summed E-state index contributed by atoms with van der Waals surface area (Å²) in [6.45, 7) is 12.6. The Bertz CT molecular complexity index is 780. The number of amides is 1. The Hall–Kier alpha value is -2.17. The van der Waals surface area contributed by atoms with Crippen LogP contribution in [-0.4, -0.2) is 60.2 Å². The number of thiocarbonyl (C=S) groups is 1. The van der Waals surface area contributed by atoms with Crippen molar-refractivity contribution >= 4 is 23.2 Å². The van der Waals surface area contributed by atoms with Crippen molar-refractivity contribution in [3.8, 4) is 11.8 Å². The maximum absolute atomic E-state index is 12.8. The van der Waals surface area contributed by atoms with Gasteiger partial charge in [-0.1, -0.05) is 26.0 Å². The average Bonchev–Trinajstić information content (AvgIpc) is 2.72. The molecule has 2 rings (SSSR count). The Labute approximate surface area is 186 Å². The van der Waals surface area contributed by atoms with Gasteiger partial charge in [-0.15, -0.1) is 0 Å². The number of nitrogens with zero attached hydrogens (tertiary/aromatic N) is 3. The molecule has 0 radical (unpaired) electrons. The largest absolute Gasteiger partial charge is 0.493 e. The second kappa shape index (κ2) is 11.3. The first-order chi connectivity index (χ1) is 14.2. The van der Waals surface area contributed by atoms with E-state index < -0.39 is 5.41 Å². The summed E-state index contributed by atoms with van der Waals surface area (Å²) in [5, 5.41) is 12.1. The Kier molecular flexibility index (Phi) is 9.07. The Morgan fingerprint density at radius 2 is 1.97 bits per heavy atom. The lowest BCUT2D eigenvalue weighted by molar-refractivity contribution is -0.128. The van der Waals surface area contributed by atoms with Gasteiger partial charge in [-0.05, 0) is 56.1 Å². The van der Waals surface area contributed by atoms with Crippen LogP contribution in [0.15, 0.2) is 18.2 Å². The molecule has 1 aromatic rings. The third-order valence-electron chi connectivity index (χ3n) is 5.58. The lowest BCUT2D eigenvalue weighted by Crippen LogP contribution is -2.54. The highest BCUT2D eigenvalue weighted by molar-refractivity contribution is 7.80. The molecule has 0 unspecified atom stereocenters. The van der Waals surface area contributed by atoms with Crippen LogP contribution in [0.25, 0.3) is 0 Å². The van der Waals surface area contributed by atoms with Crippen molar-refractivity contribution in [2.75, 3.05) is 39.3 Å². The van der Waals surface area contributed by atoms with E-state index in [1.807, 2.05) is 31.7 Å². The highest BCUT2D eigenvalue weighted by Gasteiger charge is 2.29. The first kappa shape index (κ1) is 24.1. The summed E-state index contributed by atoms with van der Waals surface area (Å²) in [7, 11) is 0. The van der Waals surface area contributed by atoms with E-state index in [0.29, 0.717) is 24.6 Å². The fraction of sp³-hybridized carbons (Fsp3) is 0.609. The molecule has 1 fully saturated rings. The minimum Gasteiger partial charge on any atom is -0.493 e. The Morgan fingerprint density at radius 3 is 2.63 bits per heavy atom. The predicted octanol–water partition coefficient (Wildman–Crippen LogP) is 3.42. The quantitative estimate of drug-likeness (QED) is 0.503. The van der Waals surface area contributed by atoms with Crippen molar-refractivity contribution in [1.82, 2.24) is 15.1 Å². The molecular formula is C23H34N4O2S. The van der Waals surface area contributed by atoms with E-state index in [0.717, 1.165) is 50.5 Å². The zero-order chi connectivity index (χ0) is 22.1. The summed E-state index contributed by atoms with van der Waals surface area (Å²) < 4.78 is 5.92. The first-order valence-electron chi connectivity index (χ1n) is 10.6. The van der Waals surface area contributed by atoms with E-state index >= 15 is 0 Å². The molecule has 6 nitrogen and oxygen atoms in total. The average molecular weight is 431 g/mol. The highest BCUT2D eigenvalue weighted by Crippen LogP contribution is 2.24. The molecular weight excluding hydrogens is 396 g/mol. The SMILES string of the molecule is Cc1ccc(C)c(OCCCC(C)(C)C(=O)NC(=S)N2CCN(CCC#N)CC2)c1. The molecule has 0 bridgehead atoms. The second-order valence-corrected chi connectivity index (χ2v) is 8.99. The number of carbonyl (C=O) groups excluding carboxylic acids is 1. The maximum Gasteiger partial charge on any atom is 0.231 e. The van der Waals surface area contributed by atoms with Gasteiger partial charge in [-0.3, -0.25) is 9.69 Å². The molecule has 1 heterocycles. The fourth-order valence-corrected chi connectivity index (χ4v) is 3.68. The van der Waals surface area contributed by atoms with Crippen LogP contribution in [0.4, 0.5) is 0 Å². The summed E-state index contributed by atoms with van der Waals surface area (Å²) in [6, 6.07) is 8.36. The van der Waals surface area contributed by atoms with Gasteiger partial charge < -0.3 is 15.0 Å². The summed E-state index contributed by atoms with van der Waals surface area (Å²) in [4.78, 5) is 17.1. The molecule has 7 heteroatoms. The van der Waals surface area contributed by atoms with Crippen LogP contribution in [0.2, 0.25) is 0 Å². The van der Waals surface area contributed by atoms with Crippen LogP contribution in [0, 0.1) is 30.6 Å². The van der Waals surface area contributed by atoms with E-state index in [1.165, 1.54) is 5.56 Å². The fourth-order valence-electron chi connectivity index (χ4n) is 3.40. The van der Waals surface area contributed by atoms with E-state index in [-0.39, 0.29) is 5.91 Å². The van der Waals surface area contributed by atoms with Gasteiger partial charge in [0.25, 0.3) is 0 Å². The zero-order valence-corrected chi connectivity index (χ0v) is 19.5. The van der Waals surface area contributed by atoms with Gasteiger partial charge in [-0.2, -0.15) is 5.26 Å². The van der Waals surface area contributed by atoms with Crippen molar-refractivity contribution in [1.29, 1.82) is 5.26 Å². The van der Waals surface area contributed by atoms with E-state index in [1.54, 1.807) is 0 Å². The van der Waals surface area contributed by atoms with Crippen molar-refractivity contribution in [2.45, 2.75) is 47.0 Å². The van der Waals surface area contributed by atoms with Gasteiger partial charge in [-0.25, -0.2) is 0 Å². The predicted molar refractivity (Wildman–Crippen MR) is 123 cm³/mol. The van der Waals surface area contributed by atoms with Crippen LogP contribution in [0.5, 0.6) is 5.75 Å². The third-order valence-corrected chi connectivity index (χ3v) is 5.94. The maximum atomic E-state index is 12.8. The molecule has 1 aliphatic heterocycles. The summed E-state index contributed by atoms with van der Waals surface area (Å²) in [5.74, 6) is 0.860. The van der Waals surface area contributed by atoms with E-state index in [9.17, 15) is 4.79 Å². The molecule has 1 N–H and O–H groups in total. The topological polar surface area (TPSA) is 68.6 Å². The van der Waals surface area contributed by atoms with Gasteiger partial charge in [0.2, 0.25) is 5.91 Å². The smallest absolute Gasteiger partial charge is 0.231 e. The van der Waals surface area contributed by atoms with Crippen LogP contribution in [-0.2, 0) is 4.79 Å². The number of hydrogen-bond acceptors (Lipinski definition) is 5. The highest BCUT2D eigenvalue weighted by atomic mass is 32.1. The molecule has 0 aliphatic carbocycles. The standard InChI is InChI=1S/C23H34N4O2S/c1-18-7-8-19(2)20(17-18)29-16-5-9-23(3,4)21(28)25-22(30)27-14-12-26(13-15-27)11-6-10-24/h7-8,17H,5-6,9,11-16H2,1-4H3,(H,25,28,30). The van der Waals surface area contributed by atoms with Gasteiger partial charge in [0.15, 0.2) is 5.11 Å². The van der Waals surface area contributed by atoms with Gasteiger partial charge in [0.05, 0.1) is 12.7 Å². The minimum absolute atomic E-state index is 0.0499. The second-order valence-electron chi connectivity index (χ2n) is 8.60. The van der Waals surface area contributed by atoms with E-state index in [4.69, 9.17) is 22.2 Å². The molecule has 0 atom stereocenters. The molecule has 1 aliphatic rings. The zero-order valence-electron chi connectivity index (χ0n) is 18.7. The van der Waals surface area contributed by atoms with Crippen molar-refractivity contribution < 1.29 is 9.53 Å². The van der Waals surface area contributed by atoms with Crippen LogP contribution >= 0.6 is 12.2 Å². The minimum atomic E-state index is -0.524.